The van der Waals surface area contributed by atoms with Crippen molar-refractivity contribution in [2.24, 2.45) is 0 Å². The molecule has 0 spiro atoms. The summed E-state index contributed by atoms with van der Waals surface area (Å²) in [6, 6.07) is 20.1. The van der Waals surface area contributed by atoms with E-state index in [0.717, 1.165) is 22.0 Å². The van der Waals surface area contributed by atoms with Crippen LogP contribution >= 0.6 is 23.2 Å². The van der Waals surface area contributed by atoms with Crippen molar-refractivity contribution in [1.82, 2.24) is 0 Å². The Hall–Kier alpha value is -2.54. The highest BCUT2D eigenvalue weighted by Crippen LogP contribution is 2.34. The van der Waals surface area contributed by atoms with E-state index in [9.17, 15) is 13.2 Å². The highest BCUT2D eigenvalue weighted by molar-refractivity contribution is 7.92. The predicted molar refractivity (Wildman–Crippen MR) is 125 cm³/mol. The smallest absolute Gasteiger partial charge is 0.264 e. The largest absolute Gasteiger partial charge is 0.307 e. The van der Waals surface area contributed by atoms with Crippen LogP contribution in [0.4, 0.5) is 11.4 Å². The molecule has 0 saturated heterocycles. The number of anilines is 2. The Balaban J connectivity index is 1.76. The van der Waals surface area contributed by atoms with Crippen molar-refractivity contribution in [2.75, 3.05) is 15.7 Å². The summed E-state index contributed by atoms with van der Waals surface area (Å²) in [6.07, 6.45) is 0.719. The topological polar surface area (TPSA) is 57.7 Å². The van der Waals surface area contributed by atoms with Crippen molar-refractivity contribution < 1.29 is 13.2 Å². The van der Waals surface area contributed by atoms with Crippen molar-refractivity contribution >= 4 is 50.5 Å². The Morgan fingerprint density at radius 3 is 2.29 bits per heavy atom. The molecule has 160 valence electrons. The lowest BCUT2D eigenvalue weighted by Gasteiger charge is -2.29. The van der Waals surface area contributed by atoms with Gasteiger partial charge in [0.05, 0.1) is 10.6 Å². The van der Waals surface area contributed by atoms with Gasteiger partial charge in [0.1, 0.15) is 6.54 Å². The van der Waals surface area contributed by atoms with Crippen LogP contribution in [0.25, 0.3) is 0 Å². The van der Waals surface area contributed by atoms with Gasteiger partial charge in [-0.2, -0.15) is 0 Å². The van der Waals surface area contributed by atoms with E-state index in [-0.39, 0.29) is 39.1 Å². The fourth-order valence-corrected chi connectivity index (χ4v) is 5.80. The minimum absolute atomic E-state index is 0.0749. The number of para-hydroxylation sites is 1. The van der Waals surface area contributed by atoms with Crippen molar-refractivity contribution in [2.45, 2.75) is 24.3 Å². The Kier molecular flexibility index (Phi) is 5.97. The van der Waals surface area contributed by atoms with Crippen LogP contribution in [0.1, 0.15) is 12.5 Å². The third-order valence-electron chi connectivity index (χ3n) is 5.22. The third-order valence-corrected chi connectivity index (χ3v) is 7.45. The molecule has 5 nitrogen and oxygen atoms in total. The fraction of sp³-hybridized carbons (Fsp3) is 0.174. The number of halogens is 2. The van der Waals surface area contributed by atoms with Crippen LogP contribution in [0.3, 0.4) is 0 Å². The van der Waals surface area contributed by atoms with Crippen molar-refractivity contribution in [3.8, 4) is 0 Å². The lowest BCUT2D eigenvalue weighted by molar-refractivity contribution is -0.117. The van der Waals surface area contributed by atoms with E-state index in [2.05, 4.69) is 0 Å². The van der Waals surface area contributed by atoms with Crippen molar-refractivity contribution in [3.63, 3.8) is 0 Å². The molecule has 1 amide bonds. The van der Waals surface area contributed by atoms with Crippen molar-refractivity contribution in [1.29, 1.82) is 0 Å². The van der Waals surface area contributed by atoms with Gasteiger partial charge in [-0.25, -0.2) is 8.42 Å². The zero-order valence-corrected chi connectivity index (χ0v) is 19.0. The second kappa shape index (κ2) is 8.54. The molecule has 1 heterocycles. The Labute approximate surface area is 191 Å². The average Bonchev–Trinajstić information content (AvgIpc) is 3.07. The summed E-state index contributed by atoms with van der Waals surface area (Å²) in [7, 11) is -4.04. The van der Waals surface area contributed by atoms with E-state index < -0.39 is 10.0 Å². The number of amides is 1. The van der Waals surface area contributed by atoms with E-state index >= 15 is 0 Å². The summed E-state index contributed by atoms with van der Waals surface area (Å²) in [4.78, 5) is 15.1. The second-order valence-corrected chi connectivity index (χ2v) is 10.1. The number of rotatable bonds is 5. The van der Waals surface area contributed by atoms with E-state index in [0.29, 0.717) is 0 Å². The van der Waals surface area contributed by atoms with Crippen LogP contribution in [-0.4, -0.2) is 26.9 Å². The number of carbonyl (C=O) groups excluding carboxylic acids is 1. The quantitative estimate of drug-likeness (QED) is 0.512. The molecule has 1 atom stereocenters. The van der Waals surface area contributed by atoms with E-state index in [1.54, 1.807) is 23.1 Å². The number of nitrogens with zero attached hydrogens (tertiary/aromatic N) is 2. The SMILES string of the molecule is C[C@@H]1Cc2ccccc2N1C(=O)CN(c1cc(Cl)cc(Cl)c1)S(=O)(=O)c1ccccc1. The van der Waals surface area contributed by atoms with Gasteiger partial charge in [0, 0.05) is 21.8 Å². The number of hydrogen-bond donors (Lipinski definition) is 0. The van der Waals surface area contributed by atoms with Crippen molar-refractivity contribution in [3.05, 3.63) is 88.4 Å². The number of sulfonamides is 1. The predicted octanol–water partition coefficient (Wildman–Crippen LogP) is 5.17. The Morgan fingerprint density at radius 2 is 1.61 bits per heavy atom. The minimum Gasteiger partial charge on any atom is -0.307 e. The maximum absolute atomic E-state index is 13.5. The Morgan fingerprint density at radius 1 is 1.00 bits per heavy atom. The maximum Gasteiger partial charge on any atom is 0.264 e. The number of hydrogen-bond acceptors (Lipinski definition) is 3. The molecular formula is C23H20Cl2N2O3S. The molecule has 4 rings (SSSR count). The second-order valence-electron chi connectivity index (χ2n) is 7.40. The van der Waals surface area contributed by atoms with Crippen LogP contribution < -0.4 is 9.21 Å². The minimum atomic E-state index is -4.04. The van der Waals surface area contributed by atoms with Gasteiger partial charge in [-0.1, -0.05) is 59.6 Å². The molecule has 0 bridgehead atoms. The first-order chi connectivity index (χ1) is 14.8. The summed E-state index contributed by atoms with van der Waals surface area (Å²) in [5.74, 6) is -0.326. The molecule has 0 fully saturated rings. The summed E-state index contributed by atoms with van der Waals surface area (Å²) in [5, 5.41) is 0.561. The van der Waals surface area contributed by atoms with Gasteiger partial charge < -0.3 is 4.90 Å². The molecule has 1 aliphatic rings. The van der Waals surface area contributed by atoms with E-state index in [4.69, 9.17) is 23.2 Å². The molecule has 0 N–H and O–H groups in total. The van der Waals surface area contributed by atoms with Gasteiger partial charge >= 0.3 is 0 Å². The van der Waals surface area contributed by atoms with Crippen LogP contribution in [0.2, 0.25) is 10.0 Å². The third kappa shape index (κ3) is 4.28. The molecule has 3 aromatic rings. The first-order valence-corrected chi connectivity index (χ1v) is 11.9. The van der Waals surface area contributed by atoms with Gasteiger partial charge in [-0.3, -0.25) is 9.10 Å². The molecule has 1 aliphatic heterocycles. The molecule has 0 aliphatic carbocycles. The molecular weight excluding hydrogens is 455 g/mol. The Bertz CT molecular complexity index is 1210. The van der Waals surface area contributed by atoms with E-state index in [1.165, 1.54) is 30.3 Å². The van der Waals surface area contributed by atoms with Crippen LogP contribution in [0.15, 0.2) is 77.7 Å². The average molecular weight is 475 g/mol. The highest BCUT2D eigenvalue weighted by atomic mass is 35.5. The molecule has 0 unspecified atom stereocenters. The first kappa shape index (κ1) is 21.7. The maximum atomic E-state index is 13.5. The van der Waals surface area contributed by atoms with Crippen LogP contribution in [0, 0.1) is 0 Å². The van der Waals surface area contributed by atoms with Gasteiger partial charge in [0.25, 0.3) is 10.0 Å². The molecule has 31 heavy (non-hydrogen) atoms. The van der Waals surface area contributed by atoms with Gasteiger partial charge in [0.2, 0.25) is 5.91 Å². The van der Waals surface area contributed by atoms with E-state index in [1.807, 2.05) is 31.2 Å². The molecule has 0 aromatic heterocycles. The zero-order chi connectivity index (χ0) is 22.2. The molecule has 0 saturated carbocycles. The van der Waals surface area contributed by atoms with Gasteiger partial charge in [0.15, 0.2) is 0 Å². The highest BCUT2D eigenvalue weighted by Gasteiger charge is 2.34. The molecule has 3 aromatic carbocycles. The summed E-state index contributed by atoms with van der Waals surface area (Å²) in [5.41, 5.74) is 2.10. The first-order valence-electron chi connectivity index (χ1n) is 9.71. The zero-order valence-electron chi connectivity index (χ0n) is 16.7. The number of carbonyl (C=O) groups is 1. The standard InChI is InChI=1S/C23H20Cl2N2O3S/c1-16-11-17-7-5-6-10-22(17)27(16)23(28)15-26(20-13-18(24)12-19(25)14-20)31(29,30)21-8-3-2-4-9-21/h2-10,12-14,16H,11,15H2,1H3/t16-/m1/s1. The number of fused-ring (bicyclic) bond motifs is 1. The summed E-state index contributed by atoms with van der Waals surface area (Å²) in [6.45, 7) is 1.57. The monoisotopic (exact) mass is 474 g/mol. The summed E-state index contributed by atoms with van der Waals surface area (Å²) < 4.78 is 28.1. The molecule has 0 radical (unpaired) electrons. The molecule has 8 heteroatoms. The van der Waals surface area contributed by atoms with Gasteiger partial charge in [-0.15, -0.1) is 0 Å². The van der Waals surface area contributed by atoms with Gasteiger partial charge in [-0.05, 0) is 55.3 Å². The fourth-order valence-electron chi connectivity index (χ4n) is 3.86. The normalized spacial score (nSPS) is 15.6. The lowest BCUT2D eigenvalue weighted by atomic mass is 10.1. The summed E-state index contributed by atoms with van der Waals surface area (Å²) >= 11 is 12.3. The van der Waals surface area contributed by atoms with Crippen LogP contribution in [0.5, 0.6) is 0 Å². The number of benzene rings is 3. The van der Waals surface area contributed by atoms with Crippen LogP contribution in [-0.2, 0) is 21.2 Å². The lowest BCUT2D eigenvalue weighted by Crippen LogP contribution is -2.45.